The second-order valence-electron chi connectivity index (χ2n) is 8.58. The molecule has 0 aliphatic rings. The highest BCUT2D eigenvalue weighted by Crippen LogP contribution is 2.41. The number of halogens is 3. The van der Waals surface area contributed by atoms with Crippen LogP contribution in [-0.2, 0) is 23.1 Å². The number of hydrogen-bond donors (Lipinski definition) is 2. The molecule has 3 N–H and O–H groups in total. The third-order valence-corrected chi connectivity index (χ3v) is 6.86. The maximum Gasteiger partial charge on any atom is 0.419 e. The van der Waals surface area contributed by atoms with Crippen LogP contribution in [0, 0.1) is 0 Å². The van der Waals surface area contributed by atoms with Gasteiger partial charge in [0.05, 0.1) is 22.4 Å². The van der Waals surface area contributed by atoms with E-state index in [9.17, 15) is 18.0 Å². The van der Waals surface area contributed by atoms with E-state index < -0.39 is 23.2 Å². The first kappa shape index (κ1) is 25.4. The number of carbonyl (C=O) groups is 1. The zero-order valence-corrected chi connectivity index (χ0v) is 20.1. The lowest BCUT2D eigenvalue weighted by molar-refractivity contribution is -0.139. The van der Waals surface area contributed by atoms with Gasteiger partial charge in [-0.2, -0.15) is 13.2 Å². The van der Waals surface area contributed by atoms with Gasteiger partial charge in [0.15, 0.2) is 0 Å². The second kappa shape index (κ2) is 10.1. The molecule has 4 aromatic rings. The van der Waals surface area contributed by atoms with Crippen molar-refractivity contribution in [3.63, 3.8) is 0 Å². The topological polar surface area (TPSA) is 85.4 Å². The average Bonchev–Trinajstić information content (AvgIpc) is 3.34. The Morgan fingerprint density at radius 2 is 1.64 bits per heavy atom. The van der Waals surface area contributed by atoms with Gasteiger partial charge in [-0.05, 0) is 47.4 Å². The highest BCUT2D eigenvalue weighted by Gasteiger charge is 2.35. The largest absolute Gasteiger partial charge is 0.488 e. The predicted molar refractivity (Wildman–Crippen MR) is 133 cm³/mol. The van der Waals surface area contributed by atoms with Gasteiger partial charge in [0.2, 0.25) is 0 Å². The monoisotopic (exact) mass is 512 g/mol. The molecule has 0 amide bonds. The molecule has 36 heavy (non-hydrogen) atoms. The van der Waals surface area contributed by atoms with Crippen LogP contribution in [0.25, 0.3) is 21.6 Å². The van der Waals surface area contributed by atoms with Gasteiger partial charge in [-0.3, -0.25) is 4.79 Å². The van der Waals surface area contributed by atoms with Crippen LogP contribution in [0.1, 0.15) is 29.5 Å². The van der Waals surface area contributed by atoms with Crippen LogP contribution in [0.4, 0.5) is 13.2 Å². The van der Waals surface area contributed by atoms with Crippen molar-refractivity contribution in [1.82, 2.24) is 4.98 Å². The second-order valence-corrected chi connectivity index (χ2v) is 9.61. The minimum absolute atomic E-state index is 0.0249. The van der Waals surface area contributed by atoms with Crippen molar-refractivity contribution in [3.05, 3.63) is 95.1 Å². The van der Waals surface area contributed by atoms with E-state index in [1.807, 2.05) is 54.6 Å². The molecule has 1 aromatic heterocycles. The van der Waals surface area contributed by atoms with E-state index in [1.54, 1.807) is 0 Å². The van der Waals surface area contributed by atoms with Crippen LogP contribution < -0.4 is 10.5 Å². The summed E-state index contributed by atoms with van der Waals surface area (Å²) in [5.41, 5.74) is 6.99. The quantitative estimate of drug-likeness (QED) is 0.274. The van der Waals surface area contributed by atoms with Crippen molar-refractivity contribution in [2.24, 2.45) is 5.73 Å². The Kier molecular flexibility index (Phi) is 7.14. The lowest BCUT2D eigenvalue weighted by Gasteiger charge is -2.19. The van der Waals surface area contributed by atoms with Gasteiger partial charge in [-0.25, -0.2) is 4.98 Å². The fourth-order valence-corrected chi connectivity index (χ4v) is 4.65. The summed E-state index contributed by atoms with van der Waals surface area (Å²) in [5, 5.41) is 9.37. The molecule has 186 valence electrons. The third kappa shape index (κ3) is 5.92. The van der Waals surface area contributed by atoms with Crippen LogP contribution in [0.2, 0.25) is 0 Å². The molecule has 0 spiro atoms. The average molecular weight is 513 g/mol. The molecule has 1 atom stereocenters. The number of aliphatic carboxylic acids is 1. The molecule has 0 bridgehead atoms. The maximum absolute atomic E-state index is 13.9. The van der Waals surface area contributed by atoms with E-state index >= 15 is 0 Å². The summed E-state index contributed by atoms with van der Waals surface area (Å²) < 4.78 is 47.2. The fourth-order valence-electron chi connectivity index (χ4n) is 3.68. The standard InChI is InChI=1S/C27H23F3N2O3S/c1-26(31,14-24(33)34)25-32-15-23(36-25)20-11-12-22(21(13-20)27(28,29)30)35-16-17-7-9-19(10-8-17)18-5-3-2-4-6-18/h2-13,15H,14,16,31H2,1H3,(H,33,34)/t26-/m0/s1. The number of carboxylic acid groups (broad SMARTS) is 1. The van der Waals surface area contributed by atoms with Crippen molar-refractivity contribution in [1.29, 1.82) is 0 Å². The van der Waals surface area contributed by atoms with E-state index in [4.69, 9.17) is 15.6 Å². The molecule has 0 aliphatic heterocycles. The van der Waals surface area contributed by atoms with Crippen LogP contribution >= 0.6 is 11.3 Å². The van der Waals surface area contributed by atoms with E-state index in [-0.39, 0.29) is 24.3 Å². The third-order valence-electron chi connectivity index (χ3n) is 5.54. The number of carboxylic acids is 1. The molecular formula is C27H23F3N2O3S. The van der Waals surface area contributed by atoms with Gasteiger partial charge in [0.25, 0.3) is 0 Å². The van der Waals surface area contributed by atoms with Crippen LogP contribution in [0.5, 0.6) is 5.75 Å². The van der Waals surface area contributed by atoms with Gasteiger partial charge < -0.3 is 15.6 Å². The maximum atomic E-state index is 13.9. The van der Waals surface area contributed by atoms with E-state index in [1.165, 1.54) is 25.3 Å². The van der Waals surface area contributed by atoms with Gasteiger partial charge in [-0.1, -0.05) is 54.6 Å². The van der Waals surface area contributed by atoms with Crippen LogP contribution in [-0.4, -0.2) is 16.1 Å². The van der Waals surface area contributed by atoms with Crippen molar-refractivity contribution < 1.29 is 27.8 Å². The Hall–Kier alpha value is -3.69. The molecule has 3 aromatic carbocycles. The molecule has 0 aliphatic carbocycles. The summed E-state index contributed by atoms with van der Waals surface area (Å²) in [6.45, 7) is 1.50. The number of ether oxygens (including phenoxy) is 1. The summed E-state index contributed by atoms with van der Waals surface area (Å²) in [5.74, 6) is -1.37. The zero-order valence-electron chi connectivity index (χ0n) is 19.3. The van der Waals surface area contributed by atoms with Gasteiger partial charge in [0.1, 0.15) is 17.4 Å². The molecule has 5 nitrogen and oxygen atoms in total. The number of alkyl halides is 3. The number of hydrogen-bond acceptors (Lipinski definition) is 5. The number of rotatable bonds is 8. The molecule has 9 heteroatoms. The van der Waals surface area contributed by atoms with Crippen molar-refractivity contribution in [2.75, 3.05) is 0 Å². The minimum atomic E-state index is -4.64. The van der Waals surface area contributed by atoms with Crippen molar-refractivity contribution in [3.8, 4) is 27.3 Å². The highest BCUT2D eigenvalue weighted by atomic mass is 32.1. The number of nitrogens with two attached hydrogens (primary N) is 1. The lowest BCUT2D eigenvalue weighted by atomic mass is 10.0. The summed E-state index contributed by atoms with van der Waals surface area (Å²) >= 11 is 1.06. The van der Waals surface area contributed by atoms with E-state index in [0.717, 1.165) is 34.1 Å². The van der Waals surface area contributed by atoms with Crippen molar-refractivity contribution >= 4 is 17.3 Å². The normalized spacial score (nSPS) is 13.2. The number of aromatic nitrogens is 1. The van der Waals surface area contributed by atoms with Gasteiger partial charge in [-0.15, -0.1) is 11.3 Å². The fraction of sp³-hybridized carbons (Fsp3) is 0.185. The molecular weight excluding hydrogens is 489 g/mol. The smallest absolute Gasteiger partial charge is 0.419 e. The number of benzene rings is 3. The Labute approximate surface area is 210 Å². The molecule has 0 saturated carbocycles. The lowest BCUT2D eigenvalue weighted by Crippen LogP contribution is -2.35. The predicted octanol–water partition coefficient (Wildman–Crippen LogP) is 6.72. The van der Waals surface area contributed by atoms with Crippen molar-refractivity contribution in [2.45, 2.75) is 31.7 Å². The molecule has 0 saturated heterocycles. The summed E-state index contributed by atoms with van der Waals surface area (Å²) in [7, 11) is 0. The Morgan fingerprint density at radius 1 is 1.00 bits per heavy atom. The first-order valence-electron chi connectivity index (χ1n) is 11.0. The summed E-state index contributed by atoms with van der Waals surface area (Å²) in [6, 6.07) is 21.0. The summed E-state index contributed by atoms with van der Waals surface area (Å²) in [6.07, 6.45) is -3.59. The Balaban J connectivity index is 1.54. The highest BCUT2D eigenvalue weighted by molar-refractivity contribution is 7.15. The first-order valence-corrected chi connectivity index (χ1v) is 11.8. The zero-order chi connectivity index (χ0) is 25.9. The molecule has 1 heterocycles. The van der Waals surface area contributed by atoms with Gasteiger partial charge >= 0.3 is 12.1 Å². The molecule has 0 unspecified atom stereocenters. The van der Waals surface area contributed by atoms with Crippen LogP contribution in [0.15, 0.2) is 79.0 Å². The number of nitrogens with zero attached hydrogens (tertiary/aromatic N) is 1. The molecule has 0 radical (unpaired) electrons. The van der Waals surface area contributed by atoms with Gasteiger partial charge in [0, 0.05) is 6.20 Å². The van der Waals surface area contributed by atoms with E-state index in [0.29, 0.717) is 9.88 Å². The number of thiazole rings is 1. The molecule has 0 fully saturated rings. The Morgan fingerprint density at radius 3 is 2.28 bits per heavy atom. The Bertz CT molecular complexity index is 1350. The first-order chi connectivity index (χ1) is 17.0. The van der Waals surface area contributed by atoms with E-state index in [2.05, 4.69) is 4.98 Å². The SMILES string of the molecule is C[C@](N)(CC(=O)O)c1ncc(-c2ccc(OCc3ccc(-c4ccccc4)cc3)c(C(F)(F)F)c2)s1. The van der Waals surface area contributed by atoms with Crippen LogP contribution in [0.3, 0.4) is 0 Å². The minimum Gasteiger partial charge on any atom is -0.488 e. The molecule has 4 rings (SSSR count). The summed E-state index contributed by atoms with van der Waals surface area (Å²) in [4.78, 5) is 15.7.